The molecule has 2 amide bonds. The zero-order valence-corrected chi connectivity index (χ0v) is 11.5. The largest absolute Gasteiger partial charge is 0.481 e. The molecule has 1 aliphatic rings. The van der Waals surface area contributed by atoms with E-state index in [1.54, 1.807) is 6.20 Å². The van der Waals surface area contributed by atoms with Crippen molar-refractivity contribution in [1.29, 1.82) is 0 Å². The molecule has 0 atom stereocenters. The van der Waals surface area contributed by atoms with Gasteiger partial charge in [0.1, 0.15) is 0 Å². The van der Waals surface area contributed by atoms with Crippen LogP contribution < -0.4 is 10.6 Å². The van der Waals surface area contributed by atoms with Crippen LogP contribution in [0.2, 0.25) is 0 Å². The van der Waals surface area contributed by atoms with Crippen molar-refractivity contribution in [3.05, 3.63) is 11.1 Å². The topological polar surface area (TPSA) is 91.3 Å². The molecule has 104 valence electrons. The third kappa shape index (κ3) is 3.92. The number of carboxylic acid groups (broad SMARTS) is 1. The molecule has 1 aromatic rings. The fourth-order valence-corrected chi connectivity index (χ4v) is 2.88. The predicted octanol–water partition coefficient (Wildman–Crippen LogP) is 2.22. The molecule has 1 heterocycles. The summed E-state index contributed by atoms with van der Waals surface area (Å²) < 4.78 is 0. The van der Waals surface area contributed by atoms with E-state index in [1.807, 2.05) is 6.92 Å². The molecule has 3 N–H and O–H groups in total. The van der Waals surface area contributed by atoms with Gasteiger partial charge in [0.2, 0.25) is 0 Å². The van der Waals surface area contributed by atoms with Crippen molar-refractivity contribution in [3.8, 4) is 0 Å². The van der Waals surface area contributed by atoms with Gasteiger partial charge in [-0.3, -0.25) is 10.1 Å². The summed E-state index contributed by atoms with van der Waals surface area (Å²) in [5.41, 5.74) is 0. The van der Waals surface area contributed by atoms with E-state index < -0.39 is 5.97 Å². The van der Waals surface area contributed by atoms with Crippen LogP contribution in [0.1, 0.15) is 30.6 Å². The van der Waals surface area contributed by atoms with E-state index in [-0.39, 0.29) is 18.0 Å². The Labute approximate surface area is 115 Å². The van der Waals surface area contributed by atoms with Crippen LogP contribution >= 0.6 is 11.3 Å². The van der Waals surface area contributed by atoms with Crippen molar-refractivity contribution in [2.75, 3.05) is 5.32 Å². The summed E-state index contributed by atoms with van der Waals surface area (Å²) in [6.45, 7) is 1.92. The Kier molecular flexibility index (Phi) is 4.36. The van der Waals surface area contributed by atoms with Crippen molar-refractivity contribution in [2.24, 2.45) is 5.92 Å². The quantitative estimate of drug-likeness (QED) is 0.793. The Hall–Kier alpha value is -1.63. The Morgan fingerprint density at radius 3 is 2.58 bits per heavy atom. The van der Waals surface area contributed by atoms with Gasteiger partial charge in [-0.15, -0.1) is 11.3 Å². The monoisotopic (exact) mass is 283 g/mol. The highest BCUT2D eigenvalue weighted by Crippen LogP contribution is 2.24. The van der Waals surface area contributed by atoms with Crippen LogP contribution in [0.5, 0.6) is 0 Å². The van der Waals surface area contributed by atoms with Crippen LogP contribution in [-0.2, 0) is 4.79 Å². The first-order valence-electron chi connectivity index (χ1n) is 6.27. The third-order valence-corrected chi connectivity index (χ3v) is 4.08. The highest BCUT2D eigenvalue weighted by Gasteiger charge is 2.26. The zero-order chi connectivity index (χ0) is 13.8. The first-order chi connectivity index (χ1) is 9.04. The van der Waals surface area contributed by atoms with E-state index in [0.29, 0.717) is 30.8 Å². The number of hydrogen-bond acceptors (Lipinski definition) is 4. The fraction of sp³-hybridized carbons (Fsp3) is 0.583. The molecule has 0 radical (unpaired) electrons. The maximum atomic E-state index is 11.7. The normalized spacial score (nSPS) is 22.8. The lowest BCUT2D eigenvalue weighted by atomic mass is 9.86. The number of nitrogens with zero attached hydrogens (tertiary/aromatic N) is 1. The lowest BCUT2D eigenvalue weighted by molar-refractivity contribution is -0.142. The van der Waals surface area contributed by atoms with E-state index in [4.69, 9.17) is 5.11 Å². The number of aryl methyl sites for hydroxylation is 1. The van der Waals surface area contributed by atoms with Crippen molar-refractivity contribution < 1.29 is 14.7 Å². The number of amides is 2. The minimum absolute atomic E-state index is 0.0525. The number of rotatable bonds is 3. The van der Waals surface area contributed by atoms with Crippen molar-refractivity contribution in [1.82, 2.24) is 10.3 Å². The number of hydrogen-bond donors (Lipinski definition) is 3. The van der Waals surface area contributed by atoms with E-state index in [2.05, 4.69) is 15.6 Å². The average Bonchev–Trinajstić information content (AvgIpc) is 2.75. The van der Waals surface area contributed by atoms with Crippen LogP contribution in [0.15, 0.2) is 6.20 Å². The standard InChI is InChI=1S/C12H17N3O3S/c1-7-6-13-12(19-7)15-11(18)14-9-4-2-8(3-5-9)10(16)17/h6,8-9H,2-5H2,1H3,(H,16,17)(H2,13,14,15,18). The van der Waals surface area contributed by atoms with Gasteiger partial charge in [-0.25, -0.2) is 9.78 Å². The summed E-state index contributed by atoms with van der Waals surface area (Å²) in [4.78, 5) is 27.6. The van der Waals surface area contributed by atoms with Crippen molar-refractivity contribution in [2.45, 2.75) is 38.6 Å². The minimum Gasteiger partial charge on any atom is -0.481 e. The number of thiazole rings is 1. The first-order valence-corrected chi connectivity index (χ1v) is 7.09. The number of aromatic nitrogens is 1. The molecular weight excluding hydrogens is 266 g/mol. The lowest BCUT2D eigenvalue weighted by Crippen LogP contribution is -2.40. The first kappa shape index (κ1) is 13.8. The lowest BCUT2D eigenvalue weighted by Gasteiger charge is -2.26. The highest BCUT2D eigenvalue weighted by molar-refractivity contribution is 7.15. The Morgan fingerprint density at radius 1 is 1.37 bits per heavy atom. The smallest absolute Gasteiger partial charge is 0.321 e. The molecule has 2 rings (SSSR count). The van der Waals surface area contributed by atoms with Crippen LogP contribution in [0.25, 0.3) is 0 Å². The molecule has 0 saturated heterocycles. The second-order valence-electron chi connectivity index (χ2n) is 4.76. The van der Waals surface area contributed by atoms with Gasteiger partial charge in [-0.2, -0.15) is 0 Å². The minimum atomic E-state index is -0.735. The summed E-state index contributed by atoms with van der Waals surface area (Å²) in [7, 11) is 0. The number of nitrogens with one attached hydrogen (secondary N) is 2. The molecule has 1 aliphatic carbocycles. The van der Waals surface area contributed by atoms with Gasteiger partial charge in [0, 0.05) is 17.1 Å². The van der Waals surface area contributed by atoms with E-state index in [1.165, 1.54) is 11.3 Å². The SMILES string of the molecule is Cc1cnc(NC(=O)NC2CCC(C(=O)O)CC2)s1. The number of carbonyl (C=O) groups is 2. The Bertz CT molecular complexity index is 467. The predicted molar refractivity (Wildman–Crippen MR) is 72.4 cm³/mol. The van der Waals surface area contributed by atoms with Crippen LogP contribution in [0.3, 0.4) is 0 Å². The molecule has 0 spiro atoms. The number of carboxylic acids is 1. The van der Waals surface area contributed by atoms with Crippen LogP contribution in [0, 0.1) is 12.8 Å². The van der Waals surface area contributed by atoms with Crippen LogP contribution in [-0.4, -0.2) is 28.1 Å². The molecule has 1 aromatic heterocycles. The summed E-state index contributed by atoms with van der Waals surface area (Å²) in [6, 6.07) is -0.218. The molecule has 0 aromatic carbocycles. The van der Waals surface area contributed by atoms with Gasteiger partial charge < -0.3 is 10.4 Å². The van der Waals surface area contributed by atoms with Gasteiger partial charge >= 0.3 is 12.0 Å². The van der Waals surface area contributed by atoms with Crippen LogP contribution in [0.4, 0.5) is 9.93 Å². The van der Waals surface area contributed by atoms with Gasteiger partial charge in [-0.05, 0) is 32.6 Å². The Morgan fingerprint density at radius 2 is 2.05 bits per heavy atom. The number of aliphatic carboxylic acids is 1. The van der Waals surface area contributed by atoms with E-state index >= 15 is 0 Å². The summed E-state index contributed by atoms with van der Waals surface area (Å²) >= 11 is 1.42. The number of carbonyl (C=O) groups excluding carboxylic acids is 1. The maximum Gasteiger partial charge on any atom is 0.321 e. The Balaban J connectivity index is 1.76. The van der Waals surface area contributed by atoms with E-state index in [9.17, 15) is 9.59 Å². The molecular formula is C12H17N3O3S. The van der Waals surface area contributed by atoms with E-state index in [0.717, 1.165) is 4.88 Å². The maximum absolute atomic E-state index is 11.7. The molecule has 0 aliphatic heterocycles. The second kappa shape index (κ2) is 6.01. The third-order valence-electron chi connectivity index (χ3n) is 3.25. The highest BCUT2D eigenvalue weighted by atomic mass is 32.1. The van der Waals surface area contributed by atoms with Crippen molar-refractivity contribution in [3.63, 3.8) is 0 Å². The molecule has 6 nitrogen and oxygen atoms in total. The molecule has 7 heteroatoms. The zero-order valence-electron chi connectivity index (χ0n) is 10.7. The fourth-order valence-electron chi connectivity index (χ4n) is 2.22. The van der Waals surface area contributed by atoms with Gasteiger partial charge in [-0.1, -0.05) is 0 Å². The number of urea groups is 1. The van der Waals surface area contributed by atoms with Gasteiger partial charge in [0.05, 0.1) is 5.92 Å². The molecule has 1 fully saturated rings. The van der Waals surface area contributed by atoms with Crippen molar-refractivity contribution >= 4 is 28.5 Å². The molecule has 0 bridgehead atoms. The summed E-state index contributed by atoms with van der Waals surface area (Å²) in [5, 5.41) is 15.0. The molecule has 1 saturated carbocycles. The second-order valence-corrected chi connectivity index (χ2v) is 6.00. The summed E-state index contributed by atoms with van der Waals surface area (Å²) in [5.74, 6) is -0.996. The molecule has 0 unspecified atom stereocenters. The average molecular weight is 283 g/mol. The van der Waals surface area contributed by atoms with Gasteiger partial charge in [0.25, 0.3) is 0 Å². The molecule has 19 heavy (non-hydrogen) atoms. The van der Waals surface area contributed by atoms with Gasteiger partial charge in [0.15, 0.2) is 5.13 Å². The number of anilines is 1. The summed E-state index contributed by atoms with van der Waals surface area (Å²) in [6.07, 6.45) is 4.37.